The van der Waals surface area contributed by atoms with E-state index in [-0.39, 0.29) is 17.3 Å². The smallest absolute Gasteiger partial charge is 0.243 e. The van der Waals surface area contributed by atoms with Gasteiger partial charge in [0.25, 0.3) is 0 Å². The van der Waals surface area contributed by atoms with Gasteiger partial charge in [0, 0.05) is 38.3 Å². The Balaban J connectivity index is 2.02. The molecule has 0 saturated carbocycles. The number of benzene rings is 1. The van der Waals surface area contributed by atoms with Crippen molar-refractivity contribution in [3.8, 4) is 0 Å². The van der Waals surface area contributed by atoms with E-state index in [1.54, 1.807) is 0 Å². The van der Waals surface area contributed by atoms with Crippen molar-refractivity contribution in [2.45, 2.75) is 17.9 Å². The molecule has 1 atom stereocenters. The van der Waals surface area contributed by atoms with E-state index in [0.29, 0.717) is 38.3 Å². The van der Waals surface area contributed by atoms with Crippen LogP contribution >= 0.6 is 0 Å². The number of carbonyl (C=O) groups is 1. The van der Waals surface area contributed by atoms with Crippen molar-refractivity contribution in [3.63, 3.8) is 0 Å². The summed E-state index contributed by atoms with van der Waals surface area (Å²) < 4.78 is 26.6. The van der Waals surface area contributed by atoms with Crippen molar-refractivity contribution in [1.29, 1.82) is 0 Å². The highest BCUT2D eigenvalue weighted by Gasteiger charge is 2.29. The first-order valence-electron chi connectivity index (χ1n) is 7.47. The molecule has 0 spiro atoms. The standard InChI is InChI=1S/C15H22N2O5S/c1-12(19)13-2-4-15(5-3-13)23(21,22)17-8-6-16(7-9-17)10-14(20)11-18/h2-5,14,18,20H,6-11H2,1H3. The second-order valence-electron chi connectivity index (χ2n) is 5.62. The molecule has 2 rings (SSSR count). The lowest BCUT2D eigenvalue weighted by atomic mass is 10.2. The molecule has 1 aromatic rings. The third-order valence-corrected chi connectivity index (χ3v) is 5.82. The highest BCUT2D eigenvalue weighted by atomic mass is 32.2. The second-order valence-corrected chi connectivity index (χ2v) is 7.56. The number of hydrogen-bond acceptors (Lipinski definition) is 6. The third-order valence-electron chi connectivity index (χ3n) is 3.91. The van der Waals surface area contributed by atoms with Crippen LogP contribution in [0.4, 0.5) is 0 Å². The first-order valence-corrected chi connectivity index (χ1v) is 8.91. The van der Waals surface area contributed by atoms with Crippen LogP contribution in [0.15, 0.2) is 29.2 Å². The maximum absolute atomic E-state index is 12.6. The largest absolute Gasteiger partial charge is 0.394 e. The van der Waals surface area contributed by atoms with Crippen LogP contribution in [0.1, 0.15) is 17.3 Å². The molecule has 7 nitrogen and oxygen atoms in total. The first-order chi connectivity index (χ1) is 10.8. The maximum Gasteiger partial charge on any atom is 0.243 e. The summed E-state index contributed by atoms with van der Waals surface area (Å²) in [5, 5.41) is 18.3. The van der Waals surface area contributed by atoms with E-state index in [0.717, 1.165) is 0 Å². The molecule has 1 unspecified atom stereocenters. The van der Waals surface area contributed by atoms with E-state index in [4.69, 9.17) is 5.11 Å². The Labute approximate surface area is 136 Å². The number of hydrogen-bond donors (Lipinski definition) is 2. The molecule has 0 aliphatic carbocycles. The van der Waals surface area contributed by atoms with Gasteiger partial charge in [0.15, 0.2) is 5.78 Å². The van der Waals surface area contributed by atoms with Gasteiger partial charge in [-0.3, -0.25) is 9.69 Å². The predicted octanol–water partition coefficient (Wildman–Crippen LogP) is -0.451. The van der Waals surface area contributed by atoms with Crippen LogP contribution in [-0.2, 0) is 10.0 Å². The van der Waals surface area contributed by atoms with Gasteiger partial charge in [0.1, 0.15) is 0 Å². The van der Waals surface area contributed by atoms with Gasteiger partial charge < -0.3 is 10.2 Å². The van der Waals surface area contributed by atoms with Gasteiger partial charge in [-0.05, 0) is 19.1 Å². The lowest BCUT2D eigenvalue weighted by molar-refractivity contribution is 0.0491. The van der Waals surface area contributed by atoms with Gasteiger partial charge in [0.2, 0.25) is 10.0 Å². The molecule has 1 aliphatic heterocycles. The fourth-order valence-corrected chi connectivity index (χ4v) is 3.94. The van der Waals surface area contributed by atoms with Gasteiger partial charge >= 0.3 is 0 Å². The van der Waals surface area contributed by atoms with E-state index < -0.39 is 16.1 Å². The molecule has 0 amide bonds. The third kappa shape index (κ3) is 4.36. The van der Waals surface area contributed by atoms with E-state index in [1.807, 2.05) is 4.90 Å². The molecule has 128 valence electrons. The Kier molecular flexibility index (Phi) is 5.88. The predicted molar refractivity (Wildman–Crippen MR) is 84.7 cm³/mol. The molecule has 0 radical (unpaired) electrons. The number of nitrogens with zero attached hydrogens (tertiary/aromatic N) is 2. The van der Waals surface area contributed by atoms with Gasteiger partial charge in [-0.25, -0.2) is 8.42 Å². The van der Waals surface area contributed by atoms with Crippen LogP contribution in [0.2, 0.25) is 0 Å². The van der Waals surface area contributed by atoms with Gasteiger partial charge in [-0.15, -0.1) is 0 Å². The average molecular weight is 342 g/mol. The monoisotopic (exact) mass is 342 g/mol. The highest BCUT2D eigenvalue weighted by molar-refractivity contribution is 7.89. The molecule has 1 saturated heterocycles. The van der Waals surface area contributed by atoms with Gasteiger partial charge in [0.05, 0.1) is 17.6 Å². The van der Waals surface area contributed by atoms with Crippen LogP contribution in [0.3, 0.4) is 0 Å². The minimum Gasteiger partial charge on any atom is -0.394 e. The molecule has 1 aliphatic rings. The minimum absolute atomic E-state index is 0.106. The fourth-order valence-electron chi connectivity index (χ4n) is 2.52. The summed E-state index contributed by atoms with van der Waals surface area (Å²) >= 11 is 0. The number of aliphatic hydroxyl groups excluding tert-OH is 2. The summed E-state index contributed by atoms with van der Waals surface area (Å²) in [4.78, 5) is 13.3. The Morgan fingerprint density at radius 2 is 1.74 bits per heavy atom. The zero-order valence-corrected chi connectivity index (χ0v) is 13.9. The zero-order valence-electron chi connectivity index (χ0n) is 13.1. The number of ketones is 1. The molecule has 0 aromatic heterocycles. The molecule has 8 heteroatoms. The summed E-state index contributed by atoms with van der Waals surface area (Å²) in [7, 11) is -3.58. The van der Waals surface area contributed by atoms with E-state index in [9.17, 15) is 18.3 Å². The van der Waals surface area contributed by atoms with Crippen LogP contribution in [0.5, 0.6) is 0 Å². The summed E-state index contributed by atoms with van der Waals surface area (Å²) in [5.74, 6) is -0.106. The van der Waals surface area contributed by atoms with Crippen molar-refractivity contribution in [3.05, 3.63) is 29.8 Å². The maximum atomic E-state index is 12.6. The Morgan fingerprint density at radius 3 is 2.22 bits per heavy atom. The number of carbonyl (C=O) groups excluding carboxylic acids is 1. The number of sulfonamides is 1. The van der Waals surface area contributed by atoms with Crippen molar-refractivity contribution in [1.82, 2.24) is 9.21 Å². The Bertz CT molecular complexity index is 636. The normalized spacial score (nSPS) is 18.7. The highest BCUT2D eigenvalue weighted by Crippen LogP contribution is 2.18. The zero-order chi connectivity index (χ0) is 17.0. The lowest BCUT2D eigenvalue weighted by Gasteiger charge is -2.34. The number of β-amino-alcohol motifs (C(OH)–C–C–N with tert-alkyl or cyclic N) is 1. The summed E-state index contributed by atoms with van der Waals surface area (Å²) in [5.41, 5.74) is 0.478. The molecule has 2 N–H and O–H groups in total. The average Bonchev–Trinajstić information content (AvgIpc) is 2.55. The minimum atomic E-state index is -3.58. The van der Waals surface area contributed by atoms with Crippen LogP contribution in [0, 0.1) is 0 Å². The molecular weight excluding hydrogens is 320 g/mol. The van der Waals surface area contributed by atoms with Crippen LogP contribution in [0.25, 0.3) is 0 Å². The van der Waals surface area contributed by atoms with Gasteiger partial charge in [-0.1, -0.05) is 12.1 Å². The van der Waals surface area contributed by atoms with Crippen LogP contribution < -0.4 is 0 Å². The van der Waals surface area contributed by atoms with Crippen molar-refractivity contribution >= 4 is 15.8 Å². The Morgan fingerprint density at radius 1 is 1.17 bits per heavy atom. The summed E-state index contributed by atoms with van der Waals surface area (Å²) in [6.07, 6.45) is -0.808. The number of Topliss-reactive ketones (excluding diaryl/α,β-unsaturated/α-hetero) is 1. The topological polar surface area (TPSA) is 98.2 Å². The molecule has 23 heavy (non-hydrogen) atoms. The Hall–Kier alpha value is -1.32. The van der Waals surface area contributed by atoms with Crippen molar-refractivity contribution in [2.75, 3.05) is 39.3 Å². The summed E-state index contributed by atoms with van der Waals surface area (Å²) in [6.45, 7) is 3.12. The molecule has 1 heterocycles. The van der Waals surface area contributed by atoms with Crippen molar-refractivity contribution < 1.29 is 23.4 Å². The number of rotatable bonds is 6. The van der Waals surface area contributed by atoms with Crippen LogP contribution in [-0.4, -0.2) is 79.1 Å². The lowest BCUT2D eigenvalue weighted by Crippen LogP contribution is -2.50. The molecular formula is C15H22N2O5S. The second kappa shape index (κ2) is 7.50. The first kappa shape index (κ1) is 18.0. The number of piperazine rings is 1. The fraction of sp³-hybridized carbons (Fsp3) is 0.533. The molecule has 1 fully saturated rings. The molecule has 1 aromatic carbocycles. The SMILES string of the molecule is CC(=O)c1ccc(S(=O)(=O)N2CCN(CC(O)CO)CC2)cc1. The van der Waals surface area contributed by atoms with E-state index in [2.05, 4.69) is 0 Å². The summed E-state index contributed by atoms with van der Waals surface area (Å²) in [6, 6.07) is 5.94. The molecule has 0 bridgehead atoms. The quantitative estimate of drug-likeness (QED) is 0.680. The van der Waals surface area contributed by atoms with Crippen molar-refractivity contribution in [2.24, 2.45) is 0 Å². The van der Waals surface area contributed by atoms with Gasteiger partial charge in [-0.2, -0.15) is 4.31 Å². The van der Waals surface area contributed by atoms with E-state index in [1.165, 1.54) is 35.5 Å². The van der Waals surface area contributed by atoms with E-state index >= 15 is 0 Å². The number of aliphatic hydroxyl groups is 2.